The average molecular weight is 324 g/mol. The van der Waals surface area contributed by atoms with Gasteiger partial charge in [-0.1, -0.05) is 11.6 Å². The van der Waals surface area contributed by atoms with E-state index in [-0.39, 0.29) is 28.7 Å². The van der Waals surface area contributed by atoms with Crippen LogP contribution in [0.4, 0.5) is 5.69 Å². The predicted molar refractivity (Wildman–Crippen MR) is 83.8 cm³/mol. The third kappa shape index (κ3) is 3.57. The lowest BCUT2D eigenvalue weighted by Gasteiger charge is -2.17. The Morgan fingerprint density at radius 1 is 1.32 bits per heavy atom. The lowest BCUT2D eigenvalue weighted by Crippen LogP contribution is -2.33. The summed E-state index contributed by atoms with van der Waals surface area (Å²) in [7, 11) is 1.59. The van der Waals surface area contributed by atoms with E-state index in [1.54, 1.807) is 30.1 Å². The largest absolute Gasteiger partial charge is 0.359 e. The molecule has 0 radical (unpaired) electrons. The zero-order valence-corrected chi connectivity index (χ0v) is 13.2. The Hall–Kier alpha value is -2.08. The second-order valence-electron chi connectivity index (χ2n) is 5.23. The molecule has 0 bridgehead atoms. The number of likely N-dealkylation sites (tertiary alicyclic amines) is 1. The van der Waals surface area contributed by atoms with Gasteiger partial charge in [0, 0.05) is 32.7 Å². The van der Waals surface area contributed by atoms with Crippen LogP contribution in [-0.4, -0.2) is 42.8 Å². The SMILES string of the molecule is CNC(=O)[C@@H]1CCN(C(=O)c2ccc(NC(C)=O)cc2Cl)C1. The van der Waals surface area contributed by atoms with Crippen molar-refractivity contribution < 1.29 is 14.4 Å². The predicted octanol–water partition coefficient (Wildman–Crippen LogP) is 1.51. The molecule has 118 valence electrons. The van der Waals surface area contributed by atoms with Crippen molar-refractivity contribution in [1.29, 1.82) is 0 Å². The third-order valence-corrected chi connectivity index (χ3v) is 3.93. The molecule has 1 aliphatic heterocycles. The quantitative estimate of drug-likeness (QED) is 0.885. The summed E-state index contributed by atoms with van der Waals surface area (Å²) in [6.07, 6.45) is 0.646. The maximum Gasteiger partial charge on any atom is 0.255 e. The smallest absolute Gasteiger partial charge is 0.255 e. The molecular weight excluding hydrogens is 306 g/mol. The van der Waals surface area contributed by atoms with Crippen molar-refractivity contribution in [2.24, 2.45) is 5.92 Å². The van der Waals surface area contributed by atoms with E-state index in [2.05, 4.69) is 10.6 Å². The van der Waals surface area contributed by atoms with Gasteiger partial charge in [0.2, 0.25) is 11.8 Å². The van der Waals surface area contributed by atoms with Gasteiger partial charge in [-0.25, -0.2) is 0 Å². The maximum atomic E-state index is 12.5. The molecule has 0 aliphatic carbocycles. The zero-order valence-electron chi connectivity index (χ0n) is 12.5. The lowest BCUT2D eigenvalue weighted by molar-refractivity contribution is -0.124. The van der Waals surface area contributed by atoms with Gasteiger partial charge in [0.05, 0.1) is 16.5 Å². The Morgan fingerprint density at radius 2 is 2.05 bits per heavy atom. The Balaban J connectivity index is 2.10. The topological polar surface area (TPSA) is 78.5 Å². The number of anilines is 1. The van der Waals surface area contributed by atoms with Gasteiger partial charge < -0.3 is 15.5 Å². The standard InChI is InChI=1S/C15H18ClN3O3/c1-9(20)18-11-3-4-12(13(16)7-11)15(22)19-6-5-10(8-19)14(21)17-2/h3-4,7,10H,5-6,8H2,1-2H3,(H,17,21)(H,18,20)/t10-/m1/s1. The second kappa shape index (κ2) is 6.79. The van der Waals surface area contributed by atoms with E-state index in [1.165, 1.54) is 6.92 Å². The minimum Gasteiger partial charge on any atom is -0.359 e. The van der Waals surface area contributed by atoms with Crippen LogP contribution in [0.3, 0.4) is 0 Å². The summed E-state index contributed by atoms with van der Waals surface area (Å²) >= 11 is 6.13. The molecule has 1 heterocycles. The number of nitrogens with zero attached hydrogens (tertiary/aromatic N) is 1. The monoisotopic (exact) mass is 323 g/mol. The Labute approximate surface area is 133 Å². The highest BCUT2D eigenvalue weighted by Gasteiger charge is 2.31. The molecule has 2 rings (SSSR count). The highest BCUT2D eigenvalue weighted by atomic mass is 35.5. The van der Waals surface area contributed by atoms with E-state index in [4.69, 9.17) is 11.6 Å². The molecular formula is C15H18ClN3O3. The lowest BCUT2D eigenvalue weighted by atomic mass is 10.1. The van der Waals surface area contributed by atoms with E-state index in [0.717, 1.165) is 0 Å². The molecule has 1 atom stereocenters. The minimum atomic E-state index is -0.205. The summed E-state index contributed by atoms with van der Waals surface area (Å²) in [5.74, 6) is -0.636. The van der Waals surface area contributed by atoms with Crippen LogP contribution in [0.15, 0.2) is 18.2 Å². The van der Waals surface area contributed by atoms with Crippen molar-refractivity contribution in [3.63, 3.8) is 0 Å². The fourth-order valence-corrected chi connectivity index (χ4v) is 2.76. The fourth-order valence-electron chi connectivity index (χ4n) is 2.50. The first-order valence-corrected chi connectivity index (χ1v) is 7.38. The van der Waals surface area contributed by atoms with Crippen molar-refractivity contribution in [2.75, 3.05) is 25.5 Å². The number of halogens is 1. The molecule has 1 aromatic rings. The minimum absolute atomic E-state index is 0.0533. The van der Waals surface area contributed by atoms with Gasteiger partial charge in [-0.15, -0.1) is 0 Å². The van der Waals surface area contributed by atoms with Crippen molar-refractivity contribution in [1.82, 2.24) is 10.2 Å². The maximum absolute atomic E-state index is 12.5. The normalized spacial score (nSPS) is 17.2. The number of rotatable bonds is 3. The van der Waals surface area contributed by atoms with Crippen LogP contribution >= 0.6 is 11.6 Å². The van der Waals surface area contributed by atoms with Crippen LogP contribution in [0.5, 0.6) is 0 Å². The van der Waals surface area contributed by atoms with E-state index < -0.39 is 0 Å². The molecule has 1 fully saturated rings. The van der Waals surface area contributed by atoms with Gasteiger partial charge in [-0.05, 0) is 24.6 Å². The van der Waals surface area contributed by atoms with Crippen molar-refractivity contribution in [3.05, 3.63) is 28.8 Å². The summed E-state index contributed by atoms with van der Waals surface area (Å²) in [5.41, 5.74) is 0.909. The van der Waals surface area contributed by atoms with Crippen molar-refractivity contribution >= 4 is 35.0 Å². The molecule has 0 unspecified atom stereocenters. The van der Waals surface area contributed by atoms with Crippen molar-refractivity contribution in [3.8, 4) is 0 Å². The molecule has 0 aromatic heterocycles. The highest BCUT2D eigenvalue weighted by molar-refractivity contribution is 6.34. The van der Waals surface area contributed by atoms with E-state index in [9.17, 15) is 14.4 Å². The molecule has 1 saturated heterocycles. The van der Waals surface area contributed by atoms with Gasteiger partial charge in [-0.2, -0.15) is 0 Å². The van der Waals surface area contributed by atoms with Crippen LogP contribution < -0.4 is 10.6 Å². The number of benzene rings is 1. The Morgan fingerprint density at radius 3 is 2.64 bits per heavy atom. The first-order valence-electron chi connectivity index (χ1n) is 7.00. The molecule has 1 aliphatic rings. The number of carbonyl (C=O) groups is 3. The van der Waals surface area contributed by atoms with Crippen molar-refractivity contribution in [2.45, 2.75) is 13.3 Å². The van der Waals surface area contributed by atoms with Gasteiger partial charge in [0.25, 0.3) is 5.91 Å². The van der Waals surface area contributed by atoms with Crippen LogP contribution in [0.2, 0.25) is 5.02 Å². The summed E-state index contributed by atoms with van der Waals surface area (Å²) < 4.78 is 0. The van der Waals surface area contributed by atoms with E-state index in [0.29, 0.717) is 30.8 Å². The summed E-state index contributed by atoms with van der Waals surface area (Å²) in [6, 6.07) is 4.76. The number of carbonyl (C=O) groups excluding carboxylic acids is 3. The summed E-state index contributed by atoms with van der Waals surface area (Å²) in [4.78, 5) is 36.7. The molecule has 2 N–H and O–H groups in total. The highest BCUT2D eigenvalue weighted by Crippen LogP contribution is 2.25. The van der Waals surface area contributed by atoms with E-state index >= 15 is 0 Å². The molecule has 0 saturated carbocycles. The van der Waals surface area contributed by atoms with Crippen LogP contribution in [0.25, 0.3) is 0 Å². The van der Waals surface area contributed by atoms with Crippen LogP contribution in [0.1, 0.15) is 23.7 Å². The van der Waals surface area contributed by atoms with Gasteiger partial charge in [0.15, 0.2) is 0 Å². The number of nitrogens with one attached hydrogen (secondary N) is 2. The number of hydrogen-bond donors (Lipinski definition) is 2. The third-order valence-electron chi connectivity index (χ3n) is 3.61. The number of hydrogen-bond acceptors (Lipinski definition) is 3. The molecule has 0 spiro atoms. The fraction of sp³-hybridized carbons (Fsp3) is 0.400. The Kier molecular flexibility index (Phi) is 5.03. The molecule has 3 amide bonds. The first-order chi connectivity index (χ1) is 10.4. The van der Waals surface area contributed by atoms with Gasteiger partial charge >= 0.3 is 0 Å². The van der Waals surface area contributed by atoms with E-state index in [1.807, 2.05) is 0 Å². The van der Waals surface area contributed by atoms with Gasteiger partial charge in [0.1, 0.15) is 0 Å². The second-order valence-corrected chi connectivity index (χ2v) is 5.63. The molecule has 22 heavy (non-hydrogen) atoms. The molecule has 7 heteroatoms. The zero-order chi connectivity index (χ0) is 16.3. The first kappa shape index (κ1) is 16.3. The average Bonchev–Trinajstić information content (AvgIpc) is 2.95. The molecule has 6 nitrogen and oxygen atoms in total. The van der Waals surface area contributed by atoms with Gasteiger partial charge in [-0.3, -0.25) is 14.4 Å². The van der Waals surface area contributed by atoms with Crippen LogP contribution in [-0.2, 0) is 9.59 Å². The summed E-state index contributed by atoms with van der Waals surface area (Å²) in [6.45, 7) is 2.32. The Bertz CT molecular complexity index is 618. The molecule has 1 aromatic carbocycles. The number of amides is 3. The summed E-state index contributed by atoms with van der Waals surface area (Å²) in [5, 5.41) is 5.49. The van der Waals surface area contributed by atoms with Crippen LogP contribution in [0, 0.1) is 5.92 Å².